The number of carboxylic acid groups (broad SMARTS) is 1. The van der Waals surface area contributed by atoms with Crippen molar-refractivity contribution in [1.29, 1.82) is 0 Å². The summed E-state index contributed by atoms with van der Waals surface area (Å²) in [4.78, 5) is 23.2. The maximum absolute atomic E-state index is 12.2. The van der Waals surface area contributed by atoms with Gasteiger partial charge in [0.05, 0.1) is 5.52 Å². The molecule has 3 N–H and O–H groups in total. The van der Waals surface area contributed by atoms with Gasteiger partial charge < -0.3 is 20.1 Å². The quantitative estimate of drug-likeness (QED) is 0.668. The van der Waals surface area contributed by atoms with Gasteiger partial charge in [0.25, 0.3) is 0 Å². The van der Waals surface area contributed by atoms with Crippen LogP contribution in [0.25, 0.3) is 10.9 Å². The maximum atomic E-state index is 12.2. The molecule has 0 bridgehead atoms. The van der Waals surface area contributed by atoms with Gasteiger partial charge in [-0.1, -0.05) is 36.4 Å². The third-order valence-corrected chi connectivity index (χ3v) is 6.12. The lowest BCUT2D eigenvalue weighted by Gasteiger charge is -2.22. The summed E-state index contributed by atoms with van der Waals surface area (Å²) in [5.41, 5.74) is 9.69. The molecule has 4 rings (SSSR count). The van der Waals surface area contributed by atoms with E-state index in [1.165, 1.54) is 11.8 Å². The summed E-state index contributed by atoms with van der Waals surface area (Å²) < 4.78 is 7.76. The van der Waals surface area contributed by atoms with E-state index in [0.717, 1.165) is 39.9 Å². The summed E-state index contributed by atoms with van der Waals surface area (Å²) in [6, 6.07) is 15.7. The highest BCUT2D eigenvalue weighted by Gasteiger charge is 2.33. The second-order valence-electron chi connectivity index (χ2n) is 6.67. The number of amides is 1. The van der Waals surface area contributed by atoms with Crippen LogP contribution in [-0.4, -0.2) is 33.9 Å². The monoisotopic (exact) mass is 396 g/mol. The maximum Gasteiger partial charge on any atom is 0.341 e. The number of primary amides is 1. The number of benzene rings is 2. The molecule has 1 aliphatic heterocycles. The van der Waals surface area contributed by atoms with Crippen LogP contribution in [0.15, 0.2) is 48.5 Å². The molecule has 3 aromatic rings. The Labute approximate surface area is 166 Å². The number of carbonyl (C=O) groups is 2. The normalized spacial score (nSPS) is 15.9. The van der Waals surface area contributed by atoms with Crippen LogP contribution in [0.1, 0.15) is 22.1 Å². The lowest BCUT2D eigenvalue weighted by atomic mass is 10.0. The highest BCUT2D eigenvalue weighted by Crippen LogP contribution is 2.45. The van der Waals surface area contributed by atoms with E-state index >= 15 is 0 Å². The van der Waals surface area contributed by atoms with Crippen molar-refractivity contribution in [3.05, 3.63) is 65.4 Å². The fraction of sp³-hybridized carbons (Fsp3) is 0.238. The predicted molar refractivity (Wildman–Crippen MR) is 109 cm³/mol. The van der Waals surface area contributed by atoms with E-state index < -0.39 is 23.7 Å². The van der Waals surface area contributed by atoms with Crippen LogP contribution in [0.4, 0.5) is 0 Å². The Morgan fingerprint density at radius 1 is 1.18 bits per heavy atom. The van der Waals surface area contributed by atoms with E-state index in [0.29, 0.717) is 12.3 Å². The Morgan fingerprint density at radius 2 is 1.96 bits per heavy atom. The van der Waals surface area contributed by atoms with E-state index in [4.69, 9.17) is 15.6 Å². The van der Waals surface area contributed by atoms with Crippen LogP contribution in [-0.2, 0) is 22.6 Å². The van der Waals surface area contributed by atoms with Crippen molar-refractivity contribution >= 4 is 34.5 Å². The minimum atomic E-state index is -1.05. The highest BCUT2D eigenvalue weighted by molar-refractivity contribution is 8.00. The van der Waals surface area contributed by atoms with E-state index in [1.54, 1.807) is 6.07 Å². The number of carbonyl (C=O) groups excluding carboxylic acids is 1. The zero-order valence-corrected chi connectivity index (χ0v) is 15.9. The first-order valence-electron chi connectivity index (χ1n) is 8.99. The van der Waals surface area contributed by atoms with Crippen LogP contribution in [0.2, 0.25) is 0 Å². The molecule has 7 heteroatoms. The summed E-state index contributed by atoms with van der Waals surface area (Å²) in [5, 5.41) is 9.33. The lowest BCUT2D eigenvalue weighted by molar-refractivity contribution is -0.139. The third-order valence-electron chi connectivity index (χ3n) is 4.88. The standard InChI is InChI=1S/C21H20N2O4S/c22-21(26)20-19-15(9-10-28-20)23(11-13-5-2-1-3-6-13)14-7-4-8-16(18(14)19)27-12-17(24)25/h1-8,20H,9-12H2,(H2,22,26)(H,24,25)/t20-/m0/s1. The van der Waals surface area contributed by atoms with Crippen LogP contribution >= 0.6 is 11.8 Å². The molecule has 6 nitrogen and oxygen atoms in total. The fourth-order valence-corrected chi connectivity index (χ4v) is 4.92. The average Bonchev–Trinajstić information content (AvgIpc) is 3.01. The number of rotatable bonds is 6. The molecule has 0 aliphatic carbocycles. The SMILES string of the molecule is NC(=O)[C@H]1SCCc2c1c1c(OCC(=O)O)cccc1n2Cc1ccccc1. The molecule has 1 atom stereocenters. The van der Waals surface area contributed by atoms with Crippen molar-refractivity contribution in [2.45, 2.75) is 18.2 Å². The second-order valence-corrected chi connectivity index (χ2v) is 7.88. The largest absolute Gasteiger partial charge is 0.481 e. The Bertz CT molecular complexity index is 1050. The molecular weight excluding hydrogens is 376 g/mol. The molecule has 144 valence electrons. The van der Waals surface area contributed by atoms with Crippen molar-refractivity contribution < 1.29 is 19.4 Å². The summed E-state index contributed by atoms with van der Waals surface area (Å²) in [6.07, 6.45) is 0.809. The van der Waals surface area contributed by atoms with Crippen LogP contribution in [0.3, 0.4) is 0 Å². The smallest absolute Gasteiger partial charge is 0.341 e. The van der Waals surface area contributed by atoms with Crippen LogP contribution in [0.5, 0.6) is 5.75 Å². The van der Waals surface area contributed by atoms with Crippen molar-refractivity contribution in [3.63, 3.8) is 0 Å². The Kier molecular flexibility index (Phi) is 5.00. The van der Waals surface area contributed by atoms with E-state index in [2.05, 4.69) is 16.7 Å². The number of aliphatic carboxylic acids is 1. The number of aromatic nitrogens is 1. The van der Waals surface area contributed by atoms with E-state index in [1.807, 2.05) is 30.3 Å². The summed E-state index contributed by atoms with van der Waals surface area (Å²) >= 11 is 1.52. The lowest BCUT2D eigenvalue weighted by Crippen LogP contribution is -2.24. The minimum absolute atomic E-state index is 0.391. The van der Waals surface area contributed by atoms with Crippen molar-refractivity contribution in [2.24, 2.45) is 5.73 Å². The minimum Gasteiger partial charge on any atom is -0.481 e. The van der Waals surface area contributed by atoms with Crippen LogP contribution in [0, 0.1) is 0 Å². The number of fused-ring (bicyclic) bond motifs is 3. The molecule has 2 aromatic carbocycles. The topological polar surface area (TPSA) is 94.6 Å². The van der Waals surface area contributed by atoms with Gasteiger partial charge in [0.15, 0.2) is 6.61 Å². The summed E-state index contributed by atoms with van der Waals surface area (Å²) in [6.45, 7) is 0.220. The van der Waals surface area contributed by atoms with E-state index in [-0.39, 0.29) is 0 Å². The molecule has 2 heterocycles. The molecular formula is C21H20N2O4S. The van der Waals surface area contributed by atoms with Gasteiger partial charge in [-0.15, -0.1) is 11.8 Å². The van der Waals surface area contributed by atoms with Gasteiger partial charge in [-0.25, -0.2) is 4.79 Å². The molecule has 0 radical (unpaired) electrons. The number of hydrogen-bond acceptors (Lipinski definition) is 4. The number of carboxylic acids is 1. The molecule has 0 saturated heterocycles. The average molecular weight is 396 g/mol. The number of nitrogens with two attached hydrogens (primary N) is 1. The molecule has 28 heavy (non-hydrogen) atoms. The summed E-state index contributed by atoms with van der Waals surface area (Å²) in [5.74, 6) is -0.165. The van der Waals surface area contributed by atoms with Gasteiger partial charge in [0, 0.05) is 23.2 Å². The first kappa shape index (κ1) is 18.4. The number of ether oxygens (including phenoxy) is 1. The Hall–Kier alpha value is -2.93. The zero-order valence-electron chi connectivity index (χ0n) is 15.1. The summed E-state index contributed by atoms with van der Waals surface area (Å²) in [7, 11) is 0. The van der Waals surface area contributed by atoms with E-state index in [9.17, 15) is 9.59 Å². The molecule has 0 unspecified atom stereocenters. The molecule has 0 fully saturated rings. The van der Waals surface area contributed by atoms with Gasteiger partial charge in [-0.2, -0.15) is 0 Å². The number of nitrogens with zero attached hydrogens (tertiary/aromatic N) is 1. The Morgan fingerprint density at radius 3 is 2.68 bits per heavy atom. The van der Waals surface area contributed by atoms with Gasteiger partial charge in [-0.3, -0.25) is 4.79 Å². The molecule has 1 aromatic heterocycles. The van der Waals surface area contributed by atoms with Gasteiger partial charge in [-0.05, 0) is 29.9 Å². The number of thioether (sulfide) groups is 1. The highest BCUT2D eigenvalue weighted by atomic mass is 32.2. The molecule has 0 spiro atoms. The predicted octanol–water partition coefficient (Wildman–Crippen LogP) is 2.97. The van der Waals surface area contributed by atoms with Crippen molar-refractivity contribution in [3.8, 4) is 5.75 Å². The number of hydrogen-bond donors (Lipinski definition) is 2. The molecule has 1 aliphatic rings. The third kappa shape index (κ3) is 3.33. The first-order valence-corrected chi connectivity index (χ1v) is 10.0. The molecule has 0 saturated carbocycles. The zero-order chi connectivity index (χ0) is 19.7. The van der Waals surface area contributed by atoms with Crippen molar-refractivity contribution in [1.82, 2.24) is 4.57 Å². The van der Waals surface area contributed by atoms with Crippen molar-refractivity contribution in [2.75, 3.05) is 12.4 Å². The first-order chi connectivity index (χ1) is 13.6. The van der Waals surface area contributed by atoms with Crippen LogP contribution < -0.4 is 10.5 Å². The second kappa shape index (κ2) is 7.59. The van der Waals surface area contributed by atoms with Gasteiger partial charge in [0.2, 0.25) is 5.91 Å². The fourth-order valence-electron chi connectivity index (χ4n) is 3.79. The van der Waals surface area contributed by atoms with Gasteiger partial charge in [0.1, 0.15) is 11.0 Å². The molecule has 1 amide bonds. The van der Waals surface area contributed by atoms with Gasteiger partial charge >= 0.3 is 5.97 Å². The Balaban J connectivity index is 1.93.